The van der Waals surface area contributed by atoms with Crippen LogP contribution < -0.4 is 10.7 Å². The molecule has 2 rings (SSSR count). The van der Waals surface area contributed by atoms with E-state index in [4.69, 9.17) is 0 Å². The highest BCUT2D eigenvalue weighted by Crippen LogP contribution is 2.28. The Morgan fingerprint density at radius 1 is 1.22 bits per heavy atom. The lowest BCUT2D eigenvalue weighted by atomic mass is 9.80. The predicted molar refractivity (Wildman–Crippen MR) is 90.8 cm³/mol. The van der Waals surface area contributed by atoms with Crippen molar-refractivity contribution in [1.82, 2.24) is 15.9 Å². The minimum absolute atomic E-state index is 0.0344. The third kappa shape index (κ3) is 5.61. The number of aryl methyl sites for hydroxylation is 1. The maximum atomic E-state index is 12.1. The molecule has 1 saturated heterocycles. The number of benzene rings is 1. The lowest BCUT2D eigenvalue weighted by molar-refractivity contribution is -0.185. The minimum Gasteiger partial charge on any atom is -0.307 e. The molecule has 1 amide bonds. The second kappa shape index (κ2) is 6.99. The molecule has 1 aliphatic heterocycles. The molecule has 1 fully saturated rings. The van der Waals surface area contributed by atoms with E-state index >= 15 is 0 Å². The van der Waals surface area contributed by atoms with Crippen molar-refractivity contribution in [3.05, 3.63) is 35.9 Å². The van der Waals surface area contributed by atoms with Gasteiger partial charge in [0.05, 0.1) is 0 Å². The normalized spacial score (nSPS) is 20.2. The van der Waals surface area contributed by atoms with Gasteiger partial charge in [-0.05, 0) is 52.5 Å². The zero-order valence-electron chi connectivity index (χ0n) is 14.6. The van der Waals surface area contributed by atoms with Crippen molar-refractivity contribution in [3.63, 3.8) is 0 Å². The Hall–Kier alpha value is -1.43. The Morgan fingerprint density at radius 3 is 2.35 bits per heavy atom. The van der Waals surface area contributed by atoms with Crippen molar-refractivity contribution in [2.45, 2.75) is 70.5 Å². The fraction of sp³-hybridized carbons (Fsp3) is 0.611. The van der Waals surface area contributed by atoms with Crippen LogP contribution in [0.3, 0.4) is 0 Å². The van der Waals surface area contributed by atoms with E-state index in [-0.39, 0.29) is 29.4 Å². The molecule has 1 aliphatic rings. The van der Waals surface area contributed by atoms with Crippen LogP contribution in [-0.2, 0) is 11.2 Å². The van der Waals surface area contributed by atoms with Crippen LogP contribution in [-0.4, -0.2) is 33.4 Å². The second-order valence-corrected chi connectivity index (χ2v) is 7.82. The van der Waals surface area contributed by atoms with Crippen molar-refractivity contribution in [1.29, 1.82) is 0 Å². The van der Waals surface area contributed by atoms with E-state index in [1.165, 1.54) is 0 Å². The lowest BCUT2D eigenvalue weighted by Gasteiger charge is -2.47. The van der Waals surface area contributed by atoms with E-state index in [0.29, 0.717) is 11.6 Å². The van der Waals surface area contributed by atoms with E-state index in [1.54, 1.807) is 0 Å². The van der Waals surface area contributed by atoms with Gasteiger partial charge in [0.1, 0.15) is 0 Å². The average molecular weight is 319 g/mol. The number of rotatable bonds is 5. The smallest absolute Gasteiger partial charge is 0.261 e. The van der Waals surface area contributed by atoms with Crippen LogP contribution in [0.2, 0.25) is 0 Å². The zero-order chi connectivity index (χ0) is 17.1. The molecule has 0 aromatic heterocycles. The van der Waals surface area contributed by atoms with Gasteiger partial charge >= 0.3 is 0 Å². The summed E-state index contributed by atoms with van der Waals surface area (Å²) >= 11 is 0. The van der Waals surface area contributed by atoms with Gasteiger partial charge in [0.25, 0.3) is 5.91 Å². The number of carbonyl (C=O) groups is 1. The topological polar surface area (TPSA) is 64.6 Å². The number of piperidine rings is 1. The second-order valence-electron chi connectivity index (χ2n) is 7.82. The summed E-state index contributed by atoms with van der Waals surface area (Å²) in [7, 11) is 0. The van der Waals surface area contributed by atoms with E-state index < -0.39 is 0 Å². The molecule has 3 N–H and O–H groups in total. The molecule has 0 radical (unpaired) electrons. The molecular weight excluding hydrogens is 290 g/mol. The first-order valence-electron chi connectivity index (χ1n) is 8.28. The molecular formula is C18H29N3O2. The van der Waals surface area contributed by atoms with Crippen LogP contribution in [0.25, 0.3) is 0 Å². The molecule has 128 valence electrons. The predicted octanol–water partition coefficient (Wildman–Crippen LogP) is 2.65. The molecule has 0 saturated carbocycles. The number of hydrazine groups is 1. The molecule has 0 unspecified atom stereocenters. The summed E-state index contributed by atoms with van der Waals surface area (Å²) in [5.74, 6) is -0.303. The first kappa shape index (κ1) is 17.9. The number of hydrogen-bond acceptors (Lipinski definition) is 4. The van der Waals surface area contributed by atoms with Crippen LogP contribution in [0, 0.1) is 0 Å². The lowest BCUT2D eigenvalue weighted by Crippen LogP contribution is -2.63. The molecule has 23 heavy (non-hydrogen) atoms. The minimum atomic E-state index is -0.303. The standard InChI is InChI=1S/C18H29N3O2/c1-17(2)12-15(13-18(3,4)20-17)19-21(23)16(22)11-10-14-8-6-5-7-9-14/h5-9,15,19-20,23H,10-13H2,1-4H3. The highest BCUT2D eigenvalue weighted by Gasteiger charge is 2.38. The van der Waals surface area contributed by atoms with Crippen LogP contribution in [0.4, 0.5) is 0 Å². The van der Waals surface area contributed by atoms with Crippen molar-refractivity contribution in [2.24, 2.45) is 0 Å². The summed E-state index contributed by atoms with van der Waals surface area (Å²) in [4.78, 5) is 12.1. The monoisotopic (exact) mass is 319 g/mol. The summed E-state index contributed by atoms with van der Waals surface area (Å²) in [6, 6.07) is 9.89. The van der Waals surface area contributed by atoms with Crippen molar-refractivity contribution in [3.8, 4) is 0 Å². The van der Waals surface area contributed by atoms with Crippen molar-refractivity contribution < 1.29 is 10.0 Å². The number of amides is 1. The van der Waals surface area contributed by atoms with Crippen LogP contribution in [0.1, 0.15) is 52.5 Å². The van der Waals surface area contributed by atoms with Gasteiger partial charge in [0.2, 0.25) is 0 Å². The maximum absolute atomic E-state index is 12.1. The Morgan fingerprint density at radius 2 is 1.78 bits per heavy atom. The van der Waals surface area contributed by atoms with Gasteiger partial charge in [0.15, 0.2) is 0 Å². The molecule has 1 heterocycles. The van der Waals surface area contributed by atoms with E-state index in [9.17, 15) is 10.0 Å². The number of hydroxylamine groups is 1. The fourth-order valence-electron chi connectivity index (χ4n) is 3.66. The Bertz CT molecular complexity index is 512. The Labute approximate surface area is 139 Å². The molecule has 5 nitrogen and oxygen atoms in total. The third-order valence-corrected chi connectivity index (χ3v) is 4.20. The molecule has 0 atom stereocenters. The van der Waals surface area contributed by atoms with E-state index in [0.717, 1.165) is 18.4 Å². The maximum Gasteiger partial charge on any atom is 0.261 e. The number of nitrogens with one attached hydrogen (secondary N) is 2. The van der Waals surface area contributed by atoms with Gasteiger partial charge < -0.3 is 5.32 Å². The van der Waals surface area contributed by atoms with Crippen molar-refractivity contribution >= 4 is 5.91 Å². The van der Waals surface area contributed by atoms with E-state index in [1.807, 2.05) is 30.3 Å². The number of carbonyl (C=O) groups excluding carboxylic acids is 1. The first-order valence-corrected chi connectivity index (χ1v) is 8.28. The molecule has 0 bridgehead atoms. The Kier molecular flexibility index (Phi) is 5.45. The Balaban J connectivity index is 1.85. The van der Waals surface area contributed by atoms with Gasteiger partial charge in [-0.25, -0.2) is 5.43 Å². The van der Waals surface area contributed by atoms with Gasteiger partial charge in [-0.1, -0.05) is 30.3 Å². The molecule has 0 aliphatic carbocycles. The van der Waals surface area contributed by atoms with Crippen LogP contribution in [0.15, 0.2) is 30.3 Å². The quantitative estimate of drug-likeness (QED) is 0.577. The summed E-state index contributed by atoms with van der Waals surface area (Å²) in [6.45, 7) is 8.56. The fourth-order valence-corrected chi connectivity index (χ4v) is 3.66. The number of hydrogen-bond donors (Lipinski definition) is 3. The van der Waals surface area contributed by atoms with Gasteiger partial charge in [0, 0.05) is 23.5 Å². The van der Waals surface area contributed by atoms with Crippen LogP contribution >= 0.6 is 0 Å². The number of nitrogens with zero attached hydrogens (tertiary/aromatic N) is 1. The first-order chi connectivity index (χ1) is 10.7. The summed E-state index contributed by atoms with van der Waals surface area (Å²) in [5, 5.41) is 14.3. The van der Waals surface area contributed by atoms with Crippen molar-refractivity contribution in [2.75, 3.05) is 0 Å². The zero-order valence-corrected chi connectivity index (χ0v) is 14.6. The molecule has 1 aromatic rings. The molecule has 1 aromatic carbocycles. The van der Waals surface area contributed by atoms with Crippen LogP contribution in [0.5, 0.6) is 0 Å². The van der Waals surface area contributed by atoms with Gasteiger partial charge in [-0.3, -0.25) is 10.0 Å². The third-order valence-electron chi connectivity index (χ3n) is 4.20. The highest BCUT2D eigenvalue weighted by molar-refractivity contribution is 5.74. The SMILES string of the molecule is CC1(C)CC(NN(O)C(=O)CCc2ccccc2)CC(C)(C)N1. The van der Waals surface area contributed by atoms with Gasteiger partial charge in [-0.15, -0.1) is 0 Å². The molecule has 5 heteroatoms. The summed E-state index contributed by atoms with van der Waals surface area (Å²) in [6.07, 6.45) is 2.60. The largest absolute Gasteiger partial charge is 0.307 e. The summed E-state index contributed by atoms with van der Waals surface area (Å²) in [5.41, 5.74) is 3.99. The van der Waals surface area contributed by atoms with E-state index in [2.05, 4.69) is 38.4 Å². The summed E-state index contributed by atoms with van der Waals surface area (Å²) < 4.78 is 0. The average Bonchev–Trinajstić information content (AvgIpc) is 2.42. The van der Waals surface area contributed by atoms with Gasteiger partial charge in [-0.2, -0.15) is 5.17 Å². The molecule has 0 spiro atoms. The highest BCUT2D eigenvalue weighted by atomic mass is 16.6.